The third-order valence-corrected chi connectivity index (χ3v) is 5.04. The van der Waals surface area contributed by atoms with E-state index in [4.69, 9.17) is 4.74 Å². The number of carbonyl (C=O) groups excluding carboxylic acids is 1. The van der Waals surface area contributed by atoms with Crippen molar-refractivity contribution in [2.75, 3.05) is 7.11 Å². The van der Waals surface area contributed by atoms with E-state index in [-0.39, 0.29) is 5.56 Å². The maximum atomic E-state index is 12.9. The molecular formula is C18H18N2O3S. The van der Waals surface area contributed by atoms with Crippen molar-refractivity contribution in [3.05, 3.63) is 51.9 Å². The first-order valence-corrected chi connectivity index (χ1v) is 8.60. The first kappa shape index (κ1) is 16.4. The van der Waals surface area contributed by atoms with Gasteiger partial charge < -0.3 is 4.74 Å². The second kappa shape index (κ2) is 6.57. The normalized spacial score (nSPS) is 12.3. The number of aryl methyl sites for hydroxylation is 1. The van der Waals surface area contributed by atoms with Crippen LogP contribution in [-0.2, 0) is 16.0 Å². The highest BCUT2D eigenvalue weighted by Crippen LogP contribution is 2.31. The molecule has 0 aliphatic heterocycles. The zero-order chi connectivity index (χ0) is 17.3. The smallest absolute Gasteiger partial charge is 0.328 e. The van der Waals surface area contributed by atoms with Gasteiger partial charge in [0.15, 0.2) is 0 Å². The summed E-state index contributed by atoms with van der Waals surface area (Å²) in [6.07, 6.45) is 2.38. The molecule has 0 saturated heterocycles. The number of carbonyl (C=O) groups is 1. The molecule has 1 aromatic carbocycles. The van der Waals surface area contributed by atoms with Crippen molar-refractivity contribution in [3.8, 4) is 11.1 Å². The third-order valence-electron chi connectivity index (χ3n) is 4.15. The van der Waals surface area contributed by atoms with Crippen molar-refractivity contribution in [1.29, 1.82) is 0 Å². The number of nitrogens with zero attached hydrogens (tertiary/aromatic N) is 2. The van der Waals surface area contributed by atoms with Gasteiger partial charge in [0.05, 0.1) is 18.8 Å². The van der Waals surface area contributed by atoms with Crippen molar-refractivity contribution in [3.63, 3.8) is 0 Å². The minimum atomic E-state index is -0.713. The van der Waals surface area contributed by atoms with Gasteiger partial charge in [-0.3, -0.25) is 9.36 Å². The van der Waals surface area contributed by atoms with E-state index in [2.05, 4.69) is 24.0 Å². The number of hydrogen-bond donors (Lipinski definition) is 0. The average molecular weight is 342 g/mol. The van der Waals surface area contributed by atoms with E-state index in [0.29, 0.717) is 10.2 Å². The van der Waals surface area contributed by atoms with E-state index in [9.17, 15) is 9.59 Å². The minimum Gasteiger partial charge on any atom is -0.467 e. The molecule has 3 aromatic rings. The lowest BCUT2D eigenvalue weighted by atomic mass is 10.0. The van der Waals surface area contributed by atoms with Gasteiger partial charge >= 0.3 is 5.97 Å². The van der Waals surface area contributed by atoms with Crippen LogP contribution in [0.25, 0.3) is 21.3 Å². The van der Waals surface area contributed by atoms with Crippen LogP contribution in [0.15, 0.2) is 40.8 Å². The summed E-state index contributed by atoms with van der Waals surface area (Å²) in [6, 6.07) is 7.44. The van der Waals surface area contributed by atoms with Gasteiger partial charge in [0.25, 0.3) is 5.56 Å². The predicted molar refractivity (Wildman–Crippen MR) is 95.4 cm³/mol. The monoisotopic (exact) mass is 342 g/mol. The van der Waals surface area contributed by atoms with Crippen molar-refractivity contribution >= 4 is 27.5 Å². The Labute approximate surface area is 143 Å². The van der Waals surface area contributed by atoms with Gasteiger partial charge in [0.2, 0.25) is 0 Å². The number of esters is 1. The molecule has 1 atom stereocenters. The molecule has 2 aromatic heterocycles. The van der Waals surface area contributed by atoms with Crippen LogP contribution in [0, 0.1) is 0 Å². The highest BCUT2D eigenvalue weighted by molar-refractivity contribution is 7.17. The van der Waals surface area contributed by atoms with Gasteiger partial charge in [0, 0.05) is 10.9 Å². The number of ether oxygens (including phenoxy) is 1. The number of methoxy groups -OCH3 is 1. The molecule has 6 heteroatoms. The van der Waals surface area contributed by atoms with Crippen LogP contribution in [0.2, 0.25) is 0 Å². The minimum absolute atomic E-state index is 0.228. The van der Waals surface area contributed by atoms with Crippen molar-refractivity contribution in [2.24, 2.45) is 0 Å². The molecule has 5 nitrogen and oxygen atoms in total. The zero-order valence-corrected chi connectivity index (χ0v) is 14.6. The van der Waals surface area contributed by atoms with Crippen LogP contribution in [-0.4, -0.2) is 22.6 Å². The highest BCUT2D eigenvalue weighted by Gasteiger charge is 2.20. The van der Waals surface area contributed by atoms with Crippen LogP contribution >= 0.6 is 11.3 Å². The van der Waals surface area contributed by atoms with Crippen molar-refractivity contribution in [1.82, 2.24) is 9.55 Å². The molecule has 0 aliphatic carbocycles. The van der Waals surface area contributed by atoms with Crippen LogP contribution in [0.1, 0.15) is 25.5 Å². The number of benzene rings is 1. The van der Waals surface area contributed by atoms with E-state index < -0.39 is 12.0 Å². The Kier molecular flexibility index (Phi) is 4.49. The second-order valence-electron chi connectivity index (χ2n) is 5.54. The fourth-order valence-corrected chi connectivity index (χ4v) is 3.54. The molecule has 124 valence electrons. The molecule has 24 heavy (non-hydrogen) atoms. The van der Waals surface area contributed by atoms with Gasteiger partial charge in [-0.05, 0) is 24.5 Å². The summed E-state index contributed by atoms with van der Waals surface area (Å²) in [5, 5.41) is 2.48. The quantitative estimate of drug-likeness (QED) is 0.682. The lowest BCUT2D eigenvalue weighted by molar-refractivity contribution is -0.144. The maximum absolute atomic E-state index is 12.9. The Morgan fingerprint density at radius 3 is 2.67 bits per heavy atom. The summed E-state index contributed by atoms with van der Waals surface area (Å²) in [7, 11) is 1.31. The first-order valence-electron chi connectivity index (χ1n) is 7.72. The summed E-state index contributed by atoms with van der Waals surface area (Å²) in [4.78, 5) is 29.7. The number of fused-ring (bicyclic) bond motifs is 1. The Morgan fingerprint density at radius 2 is 2.04 bits per heavy atom. The van der Waals surface area contributed by atoms with E-state index >= 15 is 0 Å². The van der Waals surface area contributed by atoms with E-state index in [1.54, 1.807) is 6.92 Å². The molecule has 2 heterocycles. The molecule has 0 amide bonds. The fourth-order valence-electron chi connectivity index (χ4n) is 2.64. The number of thiophene rings is 1. The van der Waals surface area contributed by atoms with Gasteiger partial charge in [-0.25, -0.2) is 9.78 Å². The lowest BCUT2D eigenvalue weighted by Crippen LogP contribution is -2.29. The average Bonchev–Trinajstić information content (AvgIpc) is 3.06. The largest absolute Gasteiger partial charge is 0.467 e. The highest BCUT2D eigenvalue weighted by atomic mass is 32.1. The van der Waals surface area contributed by atoms with Gasteiger partial charge in [-0.15, -0.1) is 11.3 Å². The molecule has 0 radical (unpaired) electrons. The van der Waals surface area contributed by atoms with Crippen LogP contribution in [0.5, 0.6) is 0 Å². The van der Waals surface area contributed by atoms with Crippen LogP contribution in [0.4, 0.5) is 0 Å². The van der Waals surface area contributed by atoms with Gasteiger partial charge in [-0.2, -0.15) is 0 Å². The number of rotatable bonds is 4. The predicted octanol–water partition coefficient (Wildman–Crippen LogP) is 3.42. The summed E-state index contributed by atoms with van der Waals surface area (Å²) < 4.78 is 6.06. The first-order chi connectivity index (χ1) is 11.6. The molecule has 0 N–H and O–H groups in total. The number of aromatic nitrogens is 2. The molecule has 0 bridgehead atoms. The summed E-state index contributed by atoms with van der Waals surface area (Å²) in [5.41, 5.74) is 2.84. The van der Waals surface area contributed by atoms with Gasteiger partial charge in [-0.1, -0.05) is 31.2 Å². The summed E-state index contributed by atoms with van der Waals surface area (Å²) in [5.74, 6) is -0.470. The second-order valence-corrected chi connectivity index (χ2v) is 6.39. The topological polar surface area (TPSA) is 61.2 Å². The van der Waals surface area contributed by atoms with Crippen LogP contribution < -0.4 is 5.56 Å². The standard InChI is InChI=1S/C18H18N2O3S/c1-4-12-5-7-13(8-6-12)14-9-24-16-15(14)17(21)20(10-19-16)11(2)18(22)23-3/h5-11H,4H2,1-3H3. The number of hydrogen-bond acceptors (Lipinski definition) is 5. The fraction of sp³-hybridized carbons (Fsp3) is 0.278. The van der Waals surface area contributed by atoms with Crippen molar-refractivity contribution in [2.45, 2.75) is 26.3 Å². The molecule has 0 saturated carbocycles. The Morgan fingerprint density at radius 1 is 1.33 bits per heavy atom. The molecule has 0 fully saturated rings. The summed E-state index contributed by atoms with van der Waals surface area (Å²) in [6.45, 7) is 3.73. The third kappa shape index (κ3) is 2.73. The molecule has 3 rings (SSSR count). The van der Waals surface area contributed by atoms with Crippen LogP contribution in [0.3, 0.4) is 0 Å². The van der Waals surface area contributed by atoms with Gasteiger partial charge in [0.1, 0.15) is 10.9 Å². The van der Waals surface area contributed by atoms with E-state index in [1.807, 2.05) is 17.5 Å². The molecule has 1 unspecified atom stereocenters. The molecule has 0 spiro atoms. The summed E-state index contributed by atoms with van der Waals surface area (Å²) >= 11 is 1.43. The van der Waals surface area contributed by atoms with Crippen molar-refractivity contribution < 1.29 is 9.53 Å². The Balaban J connectivity index is 2.16. The Hall–Kier alpha value is -2.47. The maximum Gasteiger partial charge on any atom is 0.328 e. The zero-order valence-electron chi connectivity index (χ0n) is 13.8. The SMILES string of the molecule is CCc1ccc(-c2csc3ncn(C(C)C(=O)OC)c(=O)c23)cc1. The van der Waals surface area contributed by atoms with E-state index in [0.717, 1.165) is 17.5 Å². The molecule has 0 aliphatic rings. The lowest BCUT2D eigenvalue weighted by Gasteiger charge is -2.12. The Bertz CT molecular complexity index is 941. The van der Waals surface area contributed by atoms with E-state index in [1.165, 1.54) is 34.9 Å². The molecular weight excluding hydrogens is 324 g/mol.